The van der Waals surface area contributed by atoms with Crippen molar-refractivity contribution >= 4 is 8.32 Å². The molecule has 0 aliphatic heterocycles. The molecule has 1 saturated carbocycles. The van der Waals surface area contributed by atoms with Crippen molar-refractivity contribution < 1.29 is 19.0 Å². The third kappa shape index (κ3) is 3.58. The minimum absolute atomic E-state index is 0.0565. The number of ether oxygens (including phenoxy) is 2. The summed E-state index contributed by atoms with van der Waals surface area (Å²) in [5.41, 5.74) is -1.02. The molecule has 152 valence electrons. The fourth-order valence-corrected chi connectivity index (χ4v) is 8.03. The Balaban J connectivity index is 2.29. The van der Waals surface area contributed by atoms with Crippen molar-refractivity contribution in [3.05, 3.63) is 12.2 Å². The smallest absolute Gasteiger partial charge is 0.191 e. The molecular weight excluding hydrogens is 344 g/mol. The molecule has 2 rings (SSSR count). The number of aliphatic hydroxyl groups is 1. The topological polar surface area (TPSA) is 47.9 Å². The molecule has 0 spiro atoms. The molecule has 5 atom stereocenters. The van der Waals surface area contributed by atoms with Crippen molar-refractivity contribution in [2.24, 2.45) is 16.7 Å². The Morgan fingerprint density at radius 2 is 1.69 bits per heavy atom. The van der Waals surface area contributed by atoms with Crippen molar-refractivity contribution in [1.29, 1.82) is 0 Å². The largest absolute Gasteiger partial charge is 0.416 e. The minimum Gasteiger partial charge on any atom is -0.416 e. The van der Waals surface area contributed by atoms with Crippen LogP contribution >= 0.6 is 0 Å². The average molecular weight is 385 g/mol. The van der Waals surface area contributed by atoms with Gasteiger partial charge in [-0.2, -0.15) is 0 Å². The van der Waals surface area contributed by atoms with E-state index >= 15 is 0 Å². The van der Waals surface area contributed by atoms with E-state index in [0.29, 0.717) is 13.4 Å². The lowest BCUT2D eigenvalue weighted by molar-refractivity contribution is -0.141. The highest BCUT2D eigenvalue weighted by Gasteiger charge is 2.62. The zero-order chi connectivity index (χ0) is 19.6. The van der Waals surface area contributed by atoms with Crippen LogP contribution in [0.5, 0.6) is 0 Å². The molecular formula is C21H40O4Si. The summed E-state index contributed by atoms with van der Waals surface area (Å²) in [6.07, 6.45) is 6.33. The van der Waals surface area contributed by atoms with Crippen molar-refractivity contribution in [2.45, 2.75) is 84.2 Å². The molecule has 1 fully saturated rings. The second-order valence-corrected chi connectivity index (χ2v) is 13.7. The Hall–Kier alpha value is -0.203. The van der Waals surface area contributed by atoms with Gasteiger partial charge in [0.15, 0.2) is 8.32 Å². The summed E-state index contributed by atoms with van der Waals surface area (Å²) < 4.78 is 17.8. The number of hydrogen-bond acceptors (Lipinski definition) is 4. The predicted molar refractivity (Wildman–Crippen MR) is 109 cm³/mol. The van der Waals surface area contributed by atoms with Crippen LogP contribution in [-0.4, -0.2) is 45.6 Å². The van der Waals surface area contributed by atoms with Crippen molar-refractivity contribution in [1.82, 2.24) is 0 Å². The van der Waals surface area contributed by atoms with Crippen LogP contribution in [0.25, 0.3) is 0 Å². The Bertz CT molecular complexity index is 494. The fraction of sp³-hybridized carbons (Fsp3) is 0.905. The van der Waals surface area contributed by atoms with Gasteiger partial charge in [0.05, 0.1) is 11.7 Å². The summed E-state index contributed by atoms with van der Waals surface area (Å²) in [6, 6.07) is 3.41. The van der Waals surface area contributed by atoms with Gasteiger partial charge >= 0.3 is 0 Å². The second-order valence-electron chi connectivity index (χ2n) is 8.97. The van der Waals surface area contributed by atoms with E-state index < -0.39 is 13.9 Å². The van der Waals surface area contributed by atoms with Gasteiger partial charge in [0.1, 0.15) is 6.79 Å². The summed E-state index contributed by atoms with van der Waals surface area (Å²) in [5, 5.41) is 11.2. The van der Waals surface area contributed by atoms with Gasteiger partial charge in [0.2, 0.25) is 0 Å². The van der Waals surface area contributed by atoms with Crippen LogP contribution in [0.1, 0.15) is 54.4 Å². The van der Waals surface area contributed by atoms with Gasteiger partial charge in [-0.3, -0.25) is 0 Å². The van der Waals surface area contributed by atoms with E-state index in [-0.39, 0.29) is 22.9 Å². The summed E-state index contributed by atoms with van der Waals surface area (Å²) in [4.78, 5) is 0. The minimum atomic E-state index is -1.69. The first kappa shape index (κ1) is 22.1. The second kappa shape index (κ2) is 8.04. The van der Waals surface area contributed by atoms with Crippen LogP contribution in [0.3, 0.4) is 0 Å². The third-order valence-corrected chi connectivity index (χ3v) is 12.6. The van der Waals surface area contributed by atoms with E-state index in [1.165, 1.54) is 0 Å². The van der Waals surface area contributed by atoms with Gasteiger partial charge in [-0.15, -0.1) is 0 Å². The number of hydrogen-bond donors (Lipinski definition) is 1. The van der Waals surface area contributed by atoms with Gasteiger partial charge in [0, 0.05) is 25.0 Å². The summed E-state index contributed by atoms with van der Waals surface area (Å²) >= 11 is 0. The Morgan fingerprint density at radius 3 is 2.23 bits per heavy atom. The number of fused-ring (bicyclic) bond motifs is 1. The van der Waals surface area contributed by atoms with Gasteiger partial charge < -0.3 is 19.0 Å². The lowest BCUT2D eigenvalue weighted by Gasteiger charge is -2.55. The molecule has 4 nitrogen and oxygen atoms in total. The molecule has 0 bridgehead atoms. The lowest BCUT2D eigenvalue weighted by Crippen LogP contribution is -2.57. The highest BCUT2D eigenvalue weighted by molar-refractivity contribution is 6.73. The number of rotatable bonds is 9. The van der Waals surface area contributed by atoms with Gasteiger partial charge in [-0.25, -0.2) is 0 Å². The molecule has 1 N–H and O–H groups in total. The molecule has 0 aromatic rings. The molecule has 0 unspecified atom stereocenters. The number of methoxy groups -OCH3 is 1. The monoisotopic (exact) mass is 384 g/mol. The normalized spacial score (nSPS) is 40.0. The first-order valence-electron chi connectivity index (χ1n) is 10.3. The van der Waals surface area contributed by atoms with Crippen LogP contribution in [0.4, 0.5) is 0 Å². The molecule has 26 heavy (non-hydrogen) atoms. The maximum absolute atomic E-state index is 11.2. The predicted octanol–water partition coefficient (Wildman–Crippen LogP) is 4.74. The SMILES string of the molecule is CC[Si](CC)(CC)OC[C@H]1[C@@](C)(O)C=C[C@@]2(C)[C@@H](OCOC)CC[C@@]12C. The van der Waals surface area contributed by atoms with Crippen molar-refractivity contribution in [3.63, 3.8) is 0 Å². The molecule has 0 saturated heterocycles. The molecule has 0 heterocycles. The maximum atomic E-state index is 11.2. The van der Waals surface area contributed by atoms with Gasteiger partial charge in [0.25, 0.3) is 0 Å². The lowest BCUT2D eigenvalue weighted by atomic mass is 9.53. The van der Waals surface area contributed by atoms with E-state index in [0.717, 1.165) is 31.0 Å². The standard InChI is InChI=1S/C21H40O4Si/c1-8-26(9-2,10-3)25-15-17-19(4)12-11-18(24-16-23-7)20(19,5)13-14-21(17,6)22/h13-14,17-18,22H,8-12,15-16H2,1-7H3/t17-,18+,19+,20+,21+/m1/s1. The first-order valence-corrected chi connectivity index (χ1v) is 12.8. The zero-order valence-corrected chi connectivity index (χ0v) is 18.9. The van der Waals surface area contributed by atoms with Crippen molar-refractivity contribution in [3.8, 4) is 0 Å². The molecule has 2 aliphatic carbocycles. The molecule has 0 aromatic carbocycles. The zero-order valence-electron chi connectivity index (χ0n) is 17.9. The fourth-order valence-electron chi connectivity index (χ4n) is 5.39. The quantitative estimate of drug-likeness (QED) is 0.354. The van der Waals surface area contributed by atoms with E-state index in [9.17, 15) is 5.11 Å². The van der Waals surface area contributed by atoms with E-state index in [1.807, 2.05) is 13.0 Å². The third-order valence-electron chi connectivity index (χ3n) is 7.94. The first-order chi connectivity index (χ1) is 12.1. The Labute approximate surface area is 161 Å². The van der Waals surface area contributed by atoms with Crippen molar-refractivity contribution in [2.75, 3.05) is 20.5 Å². The molecule has 2 aliphatic rings. The molecule has 0 aromatic heterocycles. The Kier molecular flexibility index (Phi) is 6.83. The van der Waals surface area contributed by atoms with Crippen LogP contribution in [-0.2, 0) is 13.9 Å². The van der Waals surface area contributed by atoms with Crippen LogP contribution < -0.4 is 0 Å². The molecule has 0 radical (unpaired) electrons. The molecule has 0 amide bonds. The maximum Gasteiger partial charge on any atom is 0.191 e. The van der Waals surface area contributed by atoms with Crippen LogP contribution in [0, 0.1) is 16.7 Å². The highest BCUT2D eigenvalue weighted by atomic mass is 28.4. The Morgan fingerprint density at radius 1 is 1.08 bits per heavy atom. The van der Waals surface area contributed by atoms with Crippen LogP contribution in [0.15, 0.2) is 12.2 Å². The van der Waals surface area contributed by atoms with Gasteiger partial charge in [-0.1, -0.05) is 46.8 Å². The van der Waals surface area contributed by atoms with E-state index in [4.69, 9.17) is 13.9 Å². The van der Waals surface area contributed by atoms with E-state index in [2.05, 4.69) is 40.7 Å². The summed E-state index contributed by atoms with van der Waals surface area (Å²) in [7, 11) is -0.0238. The van der Waals surface area contributed by atoms with Gasteiger partial charge in [-0.05, 0) is 43.3 Å². The van der Waals surface area contributed by atoms with E-state index in [1.54, 1.807) is 7.11 Å². The average Bonchev–Trinajstić information content (AvgIpc) is 2.88. The van der Waals surface area contributed by atoms with Crippen LogP contribution in [0.2, 0.25) is 18.1 Å². The summed E-state index contributed by atoms with van der Waals surface area (Å²) in [6.45, 7) is 14.3. The molecule has 5 heteroatoms. The highest BCUT2D eigenvalue weighted by Crippen LogP contribution is 2.63. The summed E-state index contributed by atoms with van der Waals surface area (Å²) in [5.74, 6) is 0.0673.